The second-order valence-corrected chi connectivity index (χ2v) is 15.7. The molecule has 4 fully saturated rings. The third-order valence-corrected chi connectivity index (χ3v) is 12.6. The number of rotatable bonds is 8. The van der Waals surface area contributed by atoms with Crippen LogP contribution in [0, 0.1) is 22.7 Å². The van der Waals surface area contributed by atoms with Crippen molar-refractivity contribution in [2.75, 3.05) is 6.61 Å². The summed E-state index contributed by atoms with van der Waals surface area (Å²) in [6, 6.07) is 3.17. The van der Waals surface area contributed by atoms with Crippen LogP contribution in [0.2, 0.25) is 0 Å². The minimum atomic E-state index is -1.34. The van der Waals surface area contributed by atoms with Crippen molar-refractivity contribution in [2.45, 2.75) is 141 Å². The van der Waals surface area contributed by atoms with Crippen molar-refractivity contribution in [3.8, 4) is 0 Å². The van der Waals surface area contributed by atoms with Crippen molar-refractivity contribution in [1.82, 2.24) is 0 Å². The maximum absolute atomic E-state index is 12.6. The van der Waals surface area contributed by atoms with Gasteiger partial charge in [-0.2, -0.15) is 0 Å². The van der Waals surface area contributed by atoms with Gasteiger partial charge in [-0.25, -0.2) is 4.79 Å². The second kappa shape index (κ2) is 14.3. The first kappa shape index (κ1) is 38.1. The molecule has 1 saturated heterocycles. The number of aliphatic hydroxyl groups is 2. The quantitative estimate of drug-likeness (QED) is 0.225. The van der Waals surface area contributed by atoms with E-state index < -0.39 is 88.8 Å². The highest BCUT2D eigenvalue weighted by Crippen LogP contribution is 2.70. The predicted molar refractivity (Wildman–Crippen MR) is 179 cm³/mol. The lowest BCUT2D eigenvalue weighted by molar-refractivity contribution is -0.315. The summed E-state index contributed by atoms with van der Waals surface area (Å²) in [5.41, 5.74) is -0.598. The van der Waals surface area contributed by atoms with Gasteiger partial charge in [-0.3, -0.25) is 19.2 Å². The Morgan fingerprint density at radius 2 is 1.56 bits per heavy atom. The minimum absolute atomic E-state index is 0.0760. The Hall–Kier alpha value is -3.59. The van der Waals surface area contributed by atoms with Crippen LogP contribution < -0.4 is 5.63 Å². The molecule has 4 aliphatic carbocycles. The van der Waals surface area contributed by atoms with E-state index in [0.717, 1.165) is 25.0 Å². The number of carbonyl (C=O) groups excluding carboxylic acids is 4. The molecular formula is C38H50O14. The molecule has 0 bridgehead atoms. The van der Waals surface area contributed by atoms with Crippen LogP contribution in [-0.4, -0.2) is 89.2 Å². The first-order valence-electron chi connectivity index (χ1n) is 18.1. The highest BCUT2D eigenvalue weighted by molar-refractivity contribution is 5.68. The van der Waals surface area contributed by atoms with Gasteiger partial charge in [-0.1, -0.05) is 25.5 Å². The third kappa shape index (κ3) is 6.83. The number of esters is 4. The normalized spacial score (nSPS) is 41.0. The maximum atomic E-state index is 12.6. The number of fused-ring (bicyclic) bond motifs is 5. The predicted octanol–water partition coefficient (Wildman–Crippen LogP) is 3.24. The van der Waals surface area contributed by atoms with Crippen molar-refractivity contribution in [2.24, 2.45) is 22.7 Å². The fourth-order valence-corrected chi connectivity index (χ4v) is 10.5. The van der Waals surface area contributed by atoms with Gasteiger partial charge >= 0.3 is 29.5 Å². The second-order valence-electron chi connectivity index (χ2n) is 15.7. The van der Waals surface area contributed by atoms with Crippen molar-refractivity contribution in [3.05, 3.63) is 46.0 Å². The SMILES string of the molecule is CC(=O)OC[C@H]1O[C@@H](O[C@@H]2C=C3CC[C@@H]4[C@H]([C@@H](O)C[C@]5(C)[C@@H](c6ccc(=O)oc6)CC[C@]45O)[C@@]3(C)CC2)[C@H](OC(C)=O)[C@@H](OC(C)=O)[C@@H]1OC(C)=O. The number of allylic oxidation sites excluding steroid dienone is 1. The molecule has 2 heterocycles. The summed E-state index contributed by atoms with van der Waals surface area (Å²) < 4.78 is 39.7. The molecule has 52 heavy (non-hydrogen) atoms. The van der Waals surface area contributed by atoms with E-state index in [2.05, 4.69) is 13.8 Å². The van der Waals surface area contributed by atoms with E-state index in [1.54, 1.807) is 6.07 Å². The Labute approximate surface area is 302 Å². The first-order chi connectivity index (χ1) is 24.5. The third-order valence-electron chi connectivity index (χ3n) is 12.6. The standard InChI is InChI=1S/C38H50O14/c1-19(39)46-18-29-32(48-20(2)40)33(49-21(3)41)34(50-22(4)42)35(52-29)51-25-11-13-36(5)24(15-25)8-9-27-31(36)28(43)16-37(6)26(12-14-38(27,37)45)23-7-10-30(44)47-17-23/h7,10,15,17,25-29,31-35,43,45H,8-9,11-14,16,18H2,1-6H3/t25-,26+,27+,28-,29+,31+,32+,33-,34+,35+,36-,37+,38-/m0/s1. The molecule has 6 rings (SSSR count). The molecule has 286 valence electrons. The van der Waals surface area contributed by atoms with Gasteiger partial charge in [0.25, 0.3) is 0 Å². The first-order valence-corrected chi connectivity index (χ1v) is 18.1. The highest BCUT2D eigenvalue weighted by atomic mass is 16.7. The van der Waals surface area contributed by atoms with Crippen molar-refractivity contribution >= 4 is 23.9 Å². The molecule has 0 unspecified atom stereocenters. The number of hydrogen-bond acceptors (Lipinski definition) is 14. The fraction of sp³-hybridized carbons (Fsp3) is 0.711. The van der Waals surface area contributed by atoms with Gasteiger partial charge in [0.15, 0.2) is 24.6 Å². The zero-order chi connectivity index (χ0) is 37.7. The lowest BCUT2D eigenvalue weighted by atomic mass is 9.44. The fourth-order valence-electron chi connectivity index (χ4n) is 10.5. The van der Waals surface area contributed by atoms with Gasteiger partial charge in [0.2, 0.25) is 0 Å². The Bertz CT molecular complexity index is 1630. The van der Waals surface area contributed by atoms with Crippen molar-refractivity contribution < 1.29 is 62.2 Å². The molecule has 5 aliphatic rings. The van der Waals surface area contributed by atoms with Crippen LogP contribution in [0.4, 0.5) is 0 Å². The maximum Gasteiger partial charge on any atom is 0.335 e. The summed E-state index contributed by atoms with van der Waals surface area (Å²) in [6.45, 7) is 8.56. The lowest BCUT2D eigenvalue weighted by Gasteiger charge is -2.63. The van der Waals surface area contributed by atoms with Crippen LogP contribution >= 0.6 is 0 Å². The molecular weight excluding hydrogens is 680 g/mol. The molecule has 0 radical (unpaired) electrons. The molecule has 14 heteroatoms. The van der Waals surface area contributed by atoms with Gasteiger partial charge in [-0.15, -0.1) is 0 Å². The van der Waals surface area contributed by atoms with Crippen LogP contribution in [0.3, 0.4) is 0 Å². The summed E-state index contributed by atoms with van der Waals surface area (Å²) in [5, 5.41) is 24.6. The molecule has 1 aromatic rings. The smallest absolute Gasteiger partial charge is 0.335 e. The van der Waals surface area contributed by atoms with Crippen molar-refractivity contribution in [1.29, 1.82) is 0 Å². The average molecular weight is 731 g/mol. The molecule has 13 atom stereocenters. The topological polar surface area (TPSA) is 194 Å². The molecule has 2 N–H and O–H groups in total. The highest BCUT2D eigenvalue weighted by Gasteiger charge is 2.69. The van der Waals surface area contributed by atoms with Gasteiger partial charge in [0, 0.05) is 39.2 Å². The molecule has 1 aliphatic heterocycles. The van der Waals surface area contributed by atoms with Gasteiger partial charge in [0.05, 0.1) is 24.1 Å². The molecule has 0 spiro atoms. The molecule has 0 aromatic carbocycles. The van der Waals surface area contributed by atoms with Gasteiger partial charge in [-0.05, 0) is 79.7 Å². The van der Waals surface area contributed by atoms with E-state index in [9.17, 15) is 34.2 Å². The van der Waals surface area contributed by atoms with Crippen LogP contribution in [0.25, 0.3) is 0 Å². The van der Waals surface area contributed by atoms with E-state index in [4.69, 9.17) is 32.8 Å². The van der Waals surface area contributed by atoms with E-state index >= 15 is 0 Å². The number of ether oxygens (including phenoxy) is 6. The van der Waals surface area contributed by atoms with Crippen LogP contribution in [0.1, 0.15) is 98.0 Å². The number of carbonyl (C=O) groups is 4. The van der Waals surface area contributed by atoms with E-state index in [1.165, 1.54) is 26.2 Å². The van der Waals surface area contributed by atoms with E-state index in [-0.39, 0.29) is 24.4 Å². The summed E-state index contributed by atoms with van der Waals surface area (Å²) in [5.74, 6) is -3.24. The molecule has 14 nitrogen and oxygen atoms in total. The zero-order valence-electron chi connectivity index (χ0n) is 30.5. The number of hydrogen-bond donors (Lipinski definition) is 2. The minimum Gasteiger partial charge on any atom is -0.463 e. The summed E-state index contributed by atoms with van der Waals surface area (Å²) in [4.78, 5) is 60.1. The molecule has 3 saturated carbocycles. The Kier molecular flexibility index (Phi) is 10.5. The largest absolute Gasteiger partial charge is 0.463 e. The van der Waals surface area contributed by atoms with E-state index in [1.807, 2.05) is 6.08 Å². The van der Waals surface area contributed by atoms with Crippen LogP contribution in [0.5, 0.6) is 0 Å². The Morgan fingerprint density at radius 3 is 2.19 bits per heavy atom. The van der Waals surface area contributed by atoms with E-state index in [0.29, 0.717) is 44.9 Å². The lowest BCUT2D eigenvalue weighted by Crippen LogP contribution is -2.65. The Morgan fingerprint density at radius 1 is 0.885 bits per heavy atom. The summed E-state index contributed by atoms with van der Waals surface area (Å²) in [6.07, 6.45) is -0.0271. The molecule has 1 aromatic heterocycles. The Balaban J connectivity index is 1.26. The van der Waals surface area contributed by atoms with Crippen molar-refractivity contribution in [3.63, 3.8) is 0 Å². The summed E-state index contributed by atoms with van der Waals surface area (Å²) >= 11 is 0. The van der Waals surface area contributed by atoms with Crippen LogP contribution in [0.15, 0.2) is 39.3 Å². The molecule has 0 amide bonds. The van der Waals surface area contributed by atoms with Crippen LogP contribution in [-0.2, 0) is 47.6 Å². The average Bonchev–Trinajstić information content (AvgIpc) is 3.33. The zero-order valence-corrected chi connectivity index (χ0v) is 30.5. The van der Waals surface area contributed by atoms with Gasteiger partial charge < -0.3 is 43.1 Å². The summed E-state index contributed by atoms with van der Waals surface area (Å²) in [7, 11) is 0. The number of aliphatic hydroxyl groups excluding tert-OH is 1. The monoisotopic (exact) mass is 730 g/mol. The van der Waals surface area contributed by atoms with Gasteiger partial charge in [0.1, 0.15) is 12.7 Å².